The van der Waals surface area contributed by atoms with Crippen molar-refractivity contribution in [1.82, 2.24) is 0 Å². The standard InChI is InChI=1S/C13H24/c1-11(2)8-6-5-7-9-12-10-13(12,3)4/h12H,1,5-10H2,2-4H3. The lowest BCUT2D eigenvalue weighted by Gasteiger charge is -2.03. The van der Waals surface area contributed by atoms with Crippen molar-refractivity contribution in [3.8, 4) is 0 Å². The van der Waals surface area contributed by atoms with Crippen LogP contribution in [0.15, 0.2) is 12.2 Å². The first-order valence-electron chi connectivity index (χ1n) is 5.67. The smallest absolute Gasteiger partial charge is 0.0323 e. The van der Waals surface area contributed by atoms with Crippen molar-refractivity contribution in [3.05, 3.63) is 12.2 Å². The Morgan fingerprint density at radius 2 is 1.92 bits per heavy atom. The molecule has 1 fully saturated rings. The van der Waals surface area contributed by atoms with E-state index in [0.29, 0.717) is 5.41 Å². The highest BCUT2D eigenvalue weighted by Crippen LogP contribution is 2.54. The molecule has 1 aliphatic carbocycles. The molecule has 0 aromatic rings. The van der Waals surface area contributed by atoms with Gasteiger partial charge in [-0.1, -0.05) is 32.3 Å². The van der Waals surface area contributed by atoms with E-state index in [9.17, 15) is 0 Å². The lowest BCUT2D eigenvalue weighted by molar-refractivity contribution is 0.503. The van der Waals surface area contributed by atoms with Crippen LogP contribution in [0.1, 0.15) is 59.3 Å². The maximum Gasteiger partial charge on any atom is -0.0323 e. The topological polar surface area (TPSA) is 0 Å². The van der Waals surface area contributed by atoms with Crippen LogP contribution in [-0.4, -0.2) is 0 Å². The van der Waals surface area contributed by atoms with E-state index in [1.165, 1.54) is 44.1 Å². The third kappa shape index (κ3) is 3.97. The van der Waals surface area contributed by atoms with Gasteiger partial charge in [-0.2, -0.15) is 0 Å². The third-order valence-electron chi connectivity index (χ3n) is 3.37. The monoisotopic (exact) mass is 180 g/mol. The van der Waals surface area contributed by atoms with Gasteiger partial charge in [0, 0.05) is 0 Å². The molecule has 0 amide bonds. The fourth-order valence-electron chi connectivity index (χ4n) is 2.06. The van der Waals surface area contributed by atoms with Crippen molar-refractivity contribution < 1.29 is 0 Å². The second kappa shape index (κ2) is 4.30. The molecule has 1 aliphatic rings. The SMILES string of the molecule is C=C(C)CCCCCC1CC1(C)C. The summed E-state index contributed by atoms with van der Waals surface area (Å²) >= 11 is 0. The molecule has 0 heteroatoms. The Bertz CT molecular complexity index is 176. The Morgan fingerprint density at radius 3 is 2.38 bits per heavy atom. The minimum atomic E-state index is 0.689. The van der Waals surface area contributed by atoms with E-state index in [4.69, 9.17) is 0 Å². The Morgan fingerprint density at radius 1 is 1.31 bits per heavy atom. The van der Waals surface area contributed by atoms with Crippen LogP contribution in [0.5, 0.6) is 0 Å². The molecular weight excluding hydrogens is 156 g/mol. The summed E-state index contributed by atoms with van der Waals surface area (Å²) in [5, 5.41) is 0. The van der Waals surface area contributed by atoms with Crippen molar-refractivity contribution in [1.29, 1.82) is 0 Å². The van der Waals surface area contributed by atoms with Crippen LogP contribution >= 0.6 is 0 Å². The Kier molecular flexibility index (Phi) is 3.58. The molecule has 1 atom stereocenters. The summed E-state index contributed by atoms with van der Waals surface area (Å²) in [5.41, 5.74) is 2.03. The van der Waals surface area contributed by atoms with Crippen LogP contribution in [0.4, 0.5) is 0 Å². The number of rotatable bonds is 6. The number of allylic oxidation sites excluding steroid dienone is 1. The summed E-state index contributed by atoms with van der Waals surface area (Å²) in [6.45, 7) is 10.8. The molecular formula is C13H24. The summed E-state index contributed by atoms with van der Waals surface area (Å²) in [7, 11) is 0. The Balaban J connectivity index is 1.88. The molecule has 0 bridgehead atoms. The first kappa shape index (κ1) is 10.8. The van der Waals surface area contributed by atoms with Gasteiger partial charge in [0.25, 0.3) is 0 Å². The molecule has 0 radical (unpaired) electrons. The second-order valence-corrected chi connectivity index (χ2v) is 5.45. The fraction of sp³-hybridized carbons (Fsp3) is 0.846. The molecule has 0 N–H and O–H groups in total. The largest absolute Gasteiger partial charge is 0.100 e. The molecule has 76 valence electrons. The number of unbranched alkanes of at least 4 members (excludes halogenated alkanes) is 2. The predicted octanol–water partition coefficient (Wildman–Crippen LogP) is 4.56. The first-order valence-corrected chi connectivity index (χ1v) is 5.67. The second-order valence-electron chi connectivity index (χ2n) is 5.45. The van der Waals surface area contributed by atoms with Gasteiger partial charge in [0.2, 0.25) is 0 Å². The molecule has 0 spiro atoms. The first-order chi connectivity index (χ1) is 6.02. The van der Waals surface area contributed by atoms with E-state index in [0.717, 1.165) is 5.92 Å². The van der Waals surface area contributed by atoms with E-state index < -0.39 is 0 Å². The number of hydrogen-bond acceptors (Lipinski definition) is 0. The van der Waals surface area contributed by atoms with Crippen molar-refractivity contribution >= 4 is 0 Å². The number of hydrogen-bond donors (Lipinski definition) is 0. The minimum absolute atomic E-state index is 0.689. The van der Waals surface area contributed by atoms with Crippen LogP contribution in [0.25, 0.3) is 0 Å². The fourth-order valence-corrected chi connectivity index (χ4v) is 2.06. The maximum atomic E-state index is 3.92. The van der Waals surface area contributed by atoms with E-state index in [-0.39, 0.29) is 0 Å². The normalized spacial score (nSPS) is 24.4. The van der Waals surface area contributed by atoms with Crippen LogP contribution in [-0.2, 0) is 0 Å². The van der Waals surface area contributed by atoms with Gasteiger partial charge in [-0.15, -0.1) is 6.58 Å². The third-order valence-corrected chi connectivity index (χ3v) is 3.37. The van der Waals surface area contributed by atoms with Gasteiger partial charge in [-0.05, 0) is 43.9 Å². The predicted molar refractivity (Wildman–Crippen MR) is 59.8 cm³/mol. The zero-order chi connectivity index (χ0) is 9.90. The summed E-state index contributed by atoms with van der Waals surface area (Å²) < 4.78 is 0. The van der Waals surface area contributed by atoms with Gasteiger partial charge in [0.15, 0.2) is 0 Å². The van der Waals surface area contributed by atoms with Gasteiger partial charge in [-0.3, -0.25) is 0 Å². The summed E-state index contributed by atoms with van der Waals surface area (Å²) in [6.07, 6.45) is 8.34. The van der Waals surface area contributed by atoms with Gasteiger partial charge in [0.05, 0.1) is 0 Å². The molecule has 1 saturated carbocycles. The lowest BCUT2D eigenvalue weighted by Crippen LogP contribution is -1.90. The van der Waals surface area contributed by atoms with Crippen LogP contribution < -0.4 is 0 Å². The van der Waals surface area contributed by atoms with E-state index >= 15 is 0 Å². The zero-order valence-corrected chi connectivity index (χ0v) is 9.53. The molecule has 0 aliphatic heterocycles. The van der Waals surface area contributed by atoms with Crippen LogP contribution in [0.2, 0.25) is 0 Å². The molecule has 0 aromatic carbocycles. The van der Waals surface area contributed by atoms with Crippen molar-refractivity contribution in [3.63, 3.8) is 0 Å². The van der Waals surface area contributed by atoms with Crippen molar-refractivity contribution in [2.75, 3.05) is 0 Å². The van der Waals surface area contributed by atoms with E-state index in [1.54, 1.807) is 0 Å². The molecule has 0 nitrogen and oxygen atoms in total. The van der Waals surface area contributed by atoms with Gasteiger partial charge < -0.3 is 0 Å². The molecule has 0 heterocycles. The molecule has 0 aromatic heterocycles. The van der Waals surface area contributed by atoms with Crippen LogP contribution in [0, 0.1) is 11.3 Å². The molecule has 0 saturated heterocycles. The van der Waals surface area contributed by atoms with Gasteiger partial charge >= 0.3 is 0 Å². The van der Waals surface area contributed by atoms with E-state index in [2.05, 4.69) is 27.4 Å². The highest BCUT2D eigenvalue weighted by atomic mass is 14.5. The zero-order valence-electron chi connectivity index (χ0n) is 9.53. The van der Waals surface area contributed by atoms with Crippen molar-refractivity contribution in [2.24, 2.45) is 11.3 Å². The van der Waals surface area contributed by atoms with Crippen molar-refractivity contribution in [2.45, 2.75) is 59.3 Å². The summed E-state index contributed by atoms with van der Waals surface area (Å²) in [5.74, 6) is 1.04. The average molecular weight is 180 g/mol. The summed E-state index contributed by atoms with van der Waals surface area (Å²) in [6, 6.07) is 0. The highest BCUT2D eigenvalue weighted by molar-refractivity contribution is 4.94. The average Bonchev–Trinajstić information content (AvgIpc) is 2.58. The Labute approximate surface area is 83.4 Å². The van der Waals surface area contributed by atoms with Gasteiger partial charge in [-0.25, -0.2) is 0 Å². The Hall–Kier alpha value is -0.260. The molecule has 1 unspecified atom stereocenters. The van der Waals surface area contributed by atoms with Gasteiger partial charge in [0.1, 0.15) is 0 Å². The minimum Gasteiger partial charge on any atom is -0.100 e. The lowest BCUT2D eigenvalue weighted by atomic mass is 10.0. The molecule has 13 heavy (non-hydrogen) atoms. The summed E-state index contributed by atoms with van der Waals surface area (Å²) in [4.78, 5) is 0. The molecule has 1 rings (SSSR count). The highest BCUT2D eigenvalue weighted by Gasteiger charge is 2.44. The van der Waals surface area contributed by atoms with Crippen LogP contribution in [0.3, 0.4) is 0 Å². The maximum absolute atomic E-state index is 3.92. The van der Waals surface area contributed by atoms with E-state index in [1.807, 2.05) is 0 Å². The quantitative estimate of drug-likeness (QED) is 0.415.